The van der Waals surface area contributed by atoms with Crippen molar-refractivity contribution in [2.75, 3.05) is 25.6 Å². The molecule has 19 nitrogen and oxygen atoms in total. The zero-order valence-electron chi connectivity index (χ0n) is 21.6. The summed E-state index contributed by atoms with van der Waals surface area (Å²) in [7, 11) is -11.2. The Bertz CT molecular complexity index is 1270. The van der Waals surface area contributed by atoms with Gasteiger partial charge in [-0.3, -0.25) is 13.7 Å². The number of anilines is 1. The van der Waals surface area contributed by atoms with Crippen LogP contribution in [-0.4, -0.2) is 103 Å². The van der Waals surface area contributed by atoms with E-state index in [2.05, 4.69) is 28.3 Å². The number of nitrogens with two attached hydrogens (primary N) is 1. The second-order valence-electron chi connectivity index (χ2n) is 9.30. The number of aliphatic hydroxyl groups is 4. The van der Waals surface area contributed by atoms with Gasteiger partial charge in [-0.1, -0.05) is 19.8 Å². The summed E-state index contributed by atoms with van der Waals surface area (Å²) >= 11 is 0. The van der Waals surface area contributed by atoms with Crippen molar-refractivity contribution in [2.24, 2.45) is 0 Å². The van der Waals surface area contributed by atoms with Crippen molar-refractivity contribution < 1.29 is 66.9 Å². The van der Waals surface area contributed by atoms with Crippen LogP contribution in [0.15, 0.2) is 12.7 Å². The molecule has 2 aromatic rings. The SMILES string of the molecule is CCCCCO[C@@H]1O[C@H](COP(=O)([O-])OP(=O)([O-])OC[C@H]2O[C@@H](n3cnc4c(N)ncnc43)[C@H](O)[C@@H]2O)[C@@H](O)[C@H]1O. The van der Waals surface area contributed by atoms with Gasteiger partial charge >= 0.3 is 0 Å². The molecule has 0 bridgehead atoms. The van der Waals surface area contributed by atoms with Gasteiger partial charge in [0.05, 0.1) is 19.5 Å². The molecule has 2 aliphatic heterocycles. The minimum Gasteiger partial charge on any atom is -0.756 e. The second-order valence-corrected chi connectivity index (χ2v) is 12.3. The first-order chi connectivity index (χ1) is 19.3. The third-order valence-electron chi connectivity index (χ3n) is 6.34. The average Bonchev–Trinajstić information content (AvgIpc) is 3.55. The number of nitrogens with zero attached hydrogens (tertiary/aromatic N) is 4. The van der Waals surface area contributed by atoms with E-state index in [1.807, 2.05) is 6.92 Å². The lowest BCUT2D eigenvalue weighted by Gasteiger charge is -2.32. The number of hydrogen-bond donors (Lipinski definition) is 5. The Labute approximate surface area is 233 Å². The van der Waals surface area contributed by atoms with Gasteiger partial charge in [0, 0.05) is 6.61 Å². The van der Waals surface area contributed by atoms with Gasteiger partial charge in [0.2, 0.25) is 0 Å². The van der Waals surface area contributed by atoms with Crippen LogP contribution in [0, 0.1) is 0 Å². The molecule has 2 unspecified atom stereocenters. The van der Waals surface area contributed by atoms with E-state index in [0.717, 1.165) is 19.2 Å². The van der Waals surface area contributed by atoms with Gasteiger partial charge < -0.3 is 59.2 Å². The number of rotatable bonds is 14. The summed E-state index contributed by atoms with van der Waals surface area (Å²) in [6.07, 6.45) is -6.86. The predicted molar refractivity (Wildman–Crippen MR) is 130 cm³/mol. The molecule has 2 aliphatic rings. The van der Waals surface area contributed by atoms with Crippen molar-refractivity contribution in [3.05, 3.63) is 12.7 Å². The van der Waals surface area contributed by atoms with Crippen molar-refractivity contribution in [3.8, 4) is 0 Å². The number of unbranched alkanes of at least 4 members (excludes halogenated alkanes) is 2. The molecule has 4 rings (SSSR count). The maximum absolute atomic E-state index is 12.2. The van der Waals surface area contributed by atoms with Crippen molar-refractivity contribution in [2.45, 2.75) is 75.3 Å². The van der Waals surface area contributed by atoms with Crippen LogP contribution in [0.4, 0.5) is 5.82 Å². The van der Waals surface area contributed by atoms with E-state index in [-0.39, 0.29) is 23.6 Å². The van der Waals surface area contributed by atoms with Crippen LogP contribution < -0.4 is 15.5 Å². The molecule has 0 amide bonds. The highest BCUT2D eigenvalue weighted by Gasteiger charge is 2.46. The lowest BCUT2D eigenvalue weighted by atomic mass is 10.1. The number of phosphoric ester groups is 2. The summed E-state index contributed by atoms with van der Waals surface area (Å²) in [5.74, 6) is 0.0520. The highest BCUT2D eigenvalue weighted by Crippen LogP contribution is 2.56. The molecule has 0 saturated carbocycles. The van der Waals surface area contributed by atoms with E-state index in [1.165, 1.54) is 10.9 Å². The summed E-state index contributed by atoms with van der Waals surface area (Å²) in [4.78, 5) is 36.1. The molecule has 6 N–H and O–H groups in total. The third kappa shape index (κ3) is 7.65. The Morgan fingerprint density at radius 1 is 0.951 bits per heavy atom. The zero-order chi connectivity index (χ0) is 29.9. The molecular formula is C20H31N5O14P2-2. The fourth-order valence-corrected chi connectivity index (χ4v) is 6.21. The fraction of sp³-hybridized carbons (Fsp3) is 0.750. The molecule has 0 radical (unpaired) electrons. The zero-order valence-corrected chi connectivity index (χ0v) is 23.4. The topological polar surface area (TPSA) is 286 Å². The minimum absolute atomic E-state index is 0.0520. The van der Waals surface area contributed by atoms with Gasteiger partial charge in [-0.15, -0.1) is 0 Å². The summed E-state index contributed by atoms with van der Waals surface area (Å²) in [6, 6.07) is 0. The highest BCUT2D eigenvalue weighted by molar-refractivity contribution is 7.59. The normalized spacial score (nSPS) is 33.2. The summed E-state index contributed by atoms with van der Waals surface area (Å²) in [6.45, 7) is 0.359. The largest absolute Gasteiger partial charge is 0.756 e. The van der Waals surface area contributed by atoms with E-state index in [0.29, 0.717) is 6.42 Å². The van der Waals surface area contributed by atoms with E-state index in [4.69, 9.17) is 19.9 Å². The molecular weight excluding hydrogens is 596 g/mol. The van der Waals surface area contributed by atoms with Crippen LogP contribution in [0.3, 0.4) is 0 Å². The van der Waals surface area contributed by atoms with E-state index in [1.54, 1.807) is 0 Å². The molecule has 10 atom stereocenters. The van der Waals surface area contributed by atoms with E-state index >= 15 is 0 Å². The number of ether oxygens (including phenoxy) is 3. The number of hydrogen-bond acceptors (Lipinski definition) is 18. The molecule has 0 spiro atoms. The Kier molecular flexibility index (Phi) is 10.5. The van der Waals surface area contributed by atoms with Crippen molar-refractivity contribution in [3.63, 3.8) is 0 Å². The van der Waals surface area contributed by atoms with Crippen LogP contribution in [0.25, 0.3) is 11.2 Å². The smallest absolute Gasteiger partial charge is 0.274 e. The van der Waals surface area contributed by atoms with Crippen molar-refractivity contribution in [1.29, 1.82) is 0 Å². The first-order valence-electron chi connectivity index (χ1n) is 12.5. The van der Waals surface area contributed by atoms with Gasteiger partial charge in [0.25, 0.3) is 15.6 Å². The fourth-order valence-electron chi connectivity index (χ4n) is 4.19. The summed E-state index contributed by atoms with van der Waals surface area (Å²) in [5.41, 5.74) is 6.09. The standard InChI is InChI=1S/C20H33N5O14P2/c1-2-3-4-5-34-20-16(29)14(27)11(38-20)7-36-41(32,33)39-40(30,31)35-6-10-13(26)15(28)19(37-10)25-9-24-12-17(21)22-8-23-18(12)25/h8-11,13-16,19-20,26-29H,2-7H2,1H3,(H,30,31)(H,32,33)(H2,21,22,23)/p-2/t10-,11-,13-,14-,15-,16-,19-,20-/m1/s1. The van der Waals surface area contributed by atoms with Gasteiger partial charge in [-0.25, -0.2) is 19.3 Å². The van der Waals surface area contributed by atoms with Crippen LogP contribution in [-0.2, 0) is 36.7 Å². The first kappa shape index (κ1) is 32.2. The van der Waals surface area contributed by atoms with Gasteiger partial charge in [-0.2, -0.15) is 0 Å². The Morgan fingerprint density at radius 2 is 1.59 bits per heavy atom. The molecule has 0 aromatic carbocycles. The Morgan fingerprint density at radius 3 is 2.24 bits per heavy atom. The van der Waals surface area contributed by atoms with Gasteiger partial charge in [0.1, 0.15) is 48.5 Å². The van der Waals surface area contributed by atoms with Crippen molar-refractivity contribution in [1.82, 2.24) is 19.5 Å². The molecule has 0 aliphatic carbocycles. The van der Waals surface area contributed by atoms with E-state index < -0.39 is 78.0 Å². The highest BCUT2D eigenvalue weighted by atomic mass is 31.3. The monoisotopic (exact) mass is 627 g/mol. The van der Waals surface area contributed by atoms with E-state index in [9.17, 15) is 39.3 Å². The van der Waals surface area contributed by atoms with Gasteiger partial charge in [0.15, 0.2) is 24.0 Å². The number of nitrogen functional groups attached to an aromatic ring is 1. The number of fused-ring (bicyclic) bond motifs is 1. The summed E-state index contributed by atoms with van der Waals surface area (Å²) in [5, 5.41) is 40.9. The third-order valence-corrected chi connectivity index (χ3v) is 8.87. The average molecular weight is 627 g/mol. The lowest BCUT2D eigenvalue weighted by molar-refractivity contribution is -0.247. The second kappa shape index (κ2) is 13.3. The predicted octanol–water partition coefficient (Wildman–Crippen LogP) is -2.33. The molecule has 4 heterocycles. The molecule has 2 saturated heterocycles. The van der Waals surface area contributed by atoms with Gasteiger partial charge in [-0.05, 0) is 6.42 Å². The Hall–Kier alpha value is -1.67. The number of aromatic nitrogens is 4. The number of imidazole rings is 1. The quantitative estimate of drug-likeness (QED) is 0.108. The molecule has 2 aromatic heterocycles. The Balaban J connectivity index is 1.28. The summed E-state index contributed by atoms with van der Waals surface area (Å²) < 4.78 is 54.8. The first-order valence-corrected chi connectivity index (χ1v) is 15.5. The van der Waals surface area contributed by atoms with Crippen LogP contribution >= 0.6 is 15.6 Å². The molecule has 21 heteroatoms. The number of aliphatic hydroxyl groups excluding tert-OH is 4. The molecule has 232 valence electrons. The van der Waals surface area contributed by atoms with Crippen molar-refractivity contribution >= 4 is 32.6 Å². The van der Waals surface area contributed by atoms with Crippen LogP contribution in [0.2, 0.25) is 0 Å². The number of phosphoric acid groups is 2. The van der Waals surface area contributed by atoms with Crippen LogP contribution in [0.1, 0.15) is 32.4 Å². The molecule has 41 heavy (non-hydrogen) atoms. The maximum atomic E-state index is 12.2. The maximum Gasteiger partial charge on any atom is 0.274 e. The lowest BCUT2D eigenvalue weighted by Crippen LogP contribution is -2.35. The minimum atomic E-state index is -5.62. The molecule has 2 fully saturated rings. The van der Waals surface area contributed by atoms with Crippen LogP contribution in [0.5, 0.6) is 0 Å².